The molecule has 1 N–H and O–H groups in total. The summed E-state index contributed by atoms with van der Waals surface area (Å²) in [5.41, 5.74) is 2.36. The molecule has 5 rings (SSSR count). The van der Waals surface area contributed by atoms with Gasteiger partial charge in [0, 0.05) is 53.6 Å². The molecule has 2 atom stereocenters. The summed E-state index contributed by atoms with van der Waals surface area (Å²) < 4.78 is 12.4. The van der Waals surface area contributed by atoms with Crippen LogP contribution < -0.4 is 5.32 Å². The number of fused-ring (bicyclic) bond motifs is 1. The minimum Gasteiger partial charge on any atom is -0.381 e. The van der Waals surface area contributed by atoms with E-state index in [2.05, 4.69) is 65.8 Å². The van der Waals surface area contributed by atoms with E-state index < -0.39 is 0 Å². The first kappa shape index (κ1) is 20.3. The van der Waals surface area contributed by atoms with Crippen LogP contribution in [0.4, 0.5) is 5.82 Å². The van der Waals surface area contributed by atoms with Gasteiger partial charge in [0.25, 0.3) is 0 Å². The van der Waals surface area contributed by atoms with E-state index in [1.165, 1.54) is 11.1 Å². The van der Waals surface area contributed by atoms with Gasteiger partial charge < -0.3 is 14.8 Å². The summed E-state index contributed by atoms with van der Waals surface area (Å²) in [7, 11) is 0. The predicted octanol–water partition coefficient (Wildman–Crippen LogP) is 4.27. The van der Waals surface area contributed by atoms with Crippen LogP contribution in [0, 0.1) is 5.92 Å². The van der Waals surface area contributed by atoms with Crippen LogP contribution in [-0.4, -0.2) is 67.0 Å². The third-order valence-electron chi connectivity index (χ3n) is 6.03. The molecule has 30 heavy (non-hydrogen) atoms. The van der Waals surface area contributed by atoms with Crippen LogP contribution in [0.3, 0.4) is 0 Å². The fraction of sp³-hybridized carbons (Fsp3) is 0.455. The highest BCUT2D eigenvalue weighted by atomic mass is 79.9. The molecule has 158 valence electrons. The summed E-state index contributed by atoms with van der Waals surface area (Å²) in [4.78, 5) is 12.7. The molecule has 2 aliphatic rings. The maximum absolute atomic E-state index is 5.71. The smallest absolute Gasteiger partial charge is 0.138 e. The number of benzene rings is 1. The first-order chi connectivity index (χ1) is 14.8. The van der Waals surface area contributed by atoms with Gasteiger partial charge in [0.1, 0.15) is 17.0 Å². The van der Waals surface area contributed by atoms with Crippen molar-refractivity contribution in [2.24, 2.45) is 5.92 Å². The molecule has 0 saturated carbocycles. The fourth-order valence-corrected chi connectivity index (χ4v) is 5.59. The number of nitrogens with one attached hydrogen (secondary N) is 1. The minimum absolute atomic E-state index is 0.413. The van der Waals surface area contributed by atoms with Gasteiger partial charge in [-0.3, -0.25) is 4.90 Å². The topological polar surface area (TPSA) is 59.5 Å². The lowest BCUT2D eigenvalue weighted by molar-refractivity contribution is 0.00460. The SMILES string of the molecule is Brc1ccc(-c2csc3ncnc(NC[C@H]([C@@H]4CCOC4)N4CCOCC4)c23)cc1. The summed E-state index contributed by atoms with van der Waals surface area (Å²) >= 11 is 5.19. The van der Waals surface area contributed by atoms with Crippen LogP contribution in [-0.2, 0) is 9.47 Å². The maximum Gasteiger partial charge on any atom is 0.138 e. The highest BCUT2D eigenvalue weighted by molar-refractivity contribution is 9.10. The van der Waals surface area contributed by atoms with E-state index in [1.54, 1.807) is 17.7 Å². The molecule has 0 radical (unpaired) electrons. The molecule has 0 aliphatic carbocycles. The summed E-state index contributed by atoms with van der Waals surface area (Å²) in [5.74, 6) is 1.46. The lowest BCUT2D eigenvalue weighted by Crippen LogP contribution is -2.50. The Kier molecular flexibility index (Phi) is 6.29. The van der Waals surface area contributed by atoms with Crippen LogP contribution in [0.2, 0.25) is 0 Å². The minimum atomic E-state index is 0.413. The standard InChI is InChI=1S/C22H25BrN4O2S/c23-17-3-1-15(2-4-17)18-13-30-22-20(18)21(25-14-26-22)24-11-19(16-5-8-29-12-16)27-6-9-28-10-7-27/h1-4,13-14,16,19H,5-12H2,(H,24,25,26)/t16-,19-/m1/s1. The Morgan fingerprint density at radius 2 is 1.97 bits per heavy atom. The molecule has 6 nitrogen and oxygen atoms in total. The van der Waals surface area contributed by atoms with E-state index in [-0.39, 0.29) is 0 Å². The molecule has 0 spiro atoms. The number of hydrogen-bond donors (Lipinski definition) is 1. The number of hydrogen-bond acceptors (Lipinski definition) is 7. The van der Waals surface area contributed by atoms with E-state index in [9.17, 15) is 0 Å². The third-order valence-corrected chi connectivity index (χ3v) is 7.44. The Hall–Kier alpha value is -1.58. The van der Waals surface area contributed by atoms with Crippen molar-refractivity contribution in [2.45, 2.75) is 12.5 Å². The number of morpholine rings is 1. The molecule has 3 aromatic rings. The molecule has 0 unspecified atom stereocenters. The average molecular weight is 489 g/mol. The van der Waals surface area contributed by atoms with Gasteiger partial charge in [-0.25, -0.2) is 9.97 Å². The van der Waals surface area contributed by atoms with Gasteiger partial charge in [0.15, 0.2) is 0 Å². The predicted molar refractivity (Wildman–Crippen MR) is 124 cm³/mol. The van der Waals surface area contributed by atoms with Gasteiger partial charge in [-0.2, -0.15) is 0 Å². The normalized spacial score (nSPS) is 21.2. The number of halogens is 1. The summed E-state index contributed by atoms with van der Waals surface area (Å²) in [6.45, 7) is 6.11. The van der Waals surface area contributed by atoms with Crippen LogP contribution in [0.15, 0.2) is 40.4 Å². The number of rotatable bonds is 6. The molecule has 4 heterocycles. The van der Waals surface area contributed by atoms with Gasteiger partial charge in [-0.05, 0) is 24.1 Å². The Bertz CT molecular complexity index is 984. The molecule has 2 saturated heterocycles. The summed E-state index contributed by atoms with van der Waals surface area (Å²) in [6.07, 6.45) is 2.78. The van der Waals surface area contributed by atoms with E-state index in [1.807, 2.05) is 0 Å². The summed E-state index contributed by atoms with van der Waals surface area (Å²) in [6, 6.07) is 8.83. The van der Waals surface area contributed by atoms with Crippen LogP contribution in [0.1, 0.15) is 6.42 Å². The molecular weight excluding hydrogens is 464 g/mol. The number of nitrogens with zero attached hydrogens (tertiary/aromatic N) is 3. The van der Waals surface area contributed by atoms with E-state index in [4.69, 9.17) is 9.47 Å². The molecule has 2 fully saturated rings. The molecule has 1 aromatic carbocycles. The fourth-order valence-electron chi connectivity index (χ4n) is 4.41. The van der Waals surface area contributed by atoms with Crippen LogP contribution in [0.5, 0.6) is 0 Å². The highest BCUT2D eigenvalue weighted by Gasteiger charge is 2.31. The number of anilines is 1. The van der Waals surface area contributed by atoms with Crippen molar-refractivity contribution in [3.8, 4) is 11.1 Å². The first-order valence-electron chi connectivity index (χ1n) is 10.4. The van der Waals surface area contributed by atoms with Crippen molar-refractivity contribution in [1.82, 2.24) is 14.9 Å². The summed E-state index contributed by atoms with van der Waals surface area (Å²) in [5, 5.41) is 6.96. The van der Waals surface area contributed by atoms with Crippen molar-refractivity contribution < 1.29 is 9.47 Å². The zero-order chi connectivity index (χ0) is 20.3. The molecule has 8 heteroatoms. The first-order valence-corrected chi connectivity index (χ1v) is 12.1. The van der Waals surface area contributed by atoms with Gasteiger partial charge >= 0.3 is 0 Å². The van der Waals surface area contributed by atoms with Gasteiger partial charge in [-0.15, -0.1) is 11.3 Å². The second kappa shape index (κ2) is 9.28. The van der Waals surface area contributed by atoms with Crippen molar-refractivity contribution >= 4 is 43.3 Å². The second-order valence-corrected chi connectivity index (χ2v) is 9.55. The Morgan fingerprint density at radius 3 is 2.73 bits per heavy atom. The Labute approximate surface area is 188 Å². The van der Waals surface area contributed by atoms with E-state index >= 15 is 0 Å². The van der Waals surface area contributed by atoms with Crippen LogP contribution in [0.25, 0.3) is 21.3 Å². The van der Waals surface area contributed by atoms with Crippen molar-refractivity contribution in [3.63, 3.8) is 0 Å². The van der Waals surface area contributed by atoms with Gasteiger partial charge in [0.05, 0.1) is 25.2 Å². The van der Waals surface area contributed by atoms with Crippen LogP contribution >= 0.6 is 27.3 Å². The molecule has 0 bridgehead atoms. The maximum atomic E-state index is 5.71. The monoisotopic (exact) mass is 488 g/mol. The number of aromatic nitrogens is 2. The molecular formula is C22H25BrN4O2S. The van der Waals surface area contributed by atoms with Crippen molar-refractivity contribution in [3.05, 3.63) is 40.4 Å². The van der Waals surface area contributed by atoms with E-state index in [0.29, 0.717) is 12.0 Å². The van der Waals surface area contributed by atoms with Gasteiger partial charge in [0.2, 0.25) is 0 Å². The highest BCUT2D eigenvalue weighted by Crippen LogP contribution is 2.37. The van der Waals surface area contributed by atoms with Gasteiger partial charge in [-0.1, -0.05) is 28.1 Å². The molecule has 0 amide bonds. The third kappa shape index (κ3) is 4.24. The molecule has 2 aliphatic heterocycles. The lowest BCUT2D eigenvalue weighted by Gasteiger charge is -2.37. The average Bonchev–Trinajstić information content (AvgIpc) is 3.46. The van der Waals surface area contributed by atoms with E-state index in [0.717, 1.165) is 73.0 Å². The van der Waals surface area contributed by atoms with Crippen molar-refractivity contribution in [2.75, 3.05) is 51.4 Å². The lowest BCUT2D eigenvalue weighted by atomic mass is 9.96. The zero-order valence-corrected chi connectivity index (χ0v) is 19.1. The Morgan fingerprint density at radius 1 is 1.13 bits per heavy atom. The number of ether oxygens (including phenoxy) is 2. The zero-order valence-electron chi connectivity index (χ0n) is 16.7. The second-order valence-electron chi connectivity index (χ2n) is 7.78. The van der Waals surface area contributed by atoms with Crippen molar-refractivity contribution in [1.29, 1.82) is 0 Å². The Balaban J connectivity index is 1.42. The largest absolute Gasteiger partial charge is 0.381 e. The number of thiophene rings is 1. The quantitative estimate of drug-likeness (QED) is 0.558. The molecule has 2 aromatic heterocycles.